The van der Waals surface area contributed by atoms with Gasteiger partial charge in [-0.3, -0.25) is 0 Å². The van der Waals surface area contributed by atoms with Gasteiger partial charge in [0.05, 0.1) is 5.69 Å². The Bertz CT molecular complexity index is 660. The predicted octanol–water partition coefficient (Wildman–Crippen LogP) is 4.85. The molecule has 0 saturated heterocycles. The first-order valence-corrected chi connectivity index (χ1v) is 8.48. The zero-order valence-electron chi connectivity index (χ0n) is 12.0. The third-order valence-corrected chi connectivity index (χ3v) is 5.66. The van der Waals surface area contributed by atoms with Crippen molar-refractivity contribution in [2.24, 2.45) is 11.1 Å². The predicted molar refractivity (Wildman–Crippen MR) is 89.0 cm³/mol. The van der Waals surface area contributed by atoms with E-state index in [0.717, 1.165) is 22.3 Å². The van der Waals surface area contributed by atoms with Crippen molar-refractivity contribution >= 4 is 27.3 Å². The minimum atomic E-state index is 0.135. The molecule has 2 nitrogen and oxygen atoms in total. The average Bonchev–Trinajstić information content (AvgIpc) is 2.70. The van der Waals surface area contributed by atoms with Gasteiger partial charge in [0.25, 0.3) is 0 Å². The quantitative estimate of drug-likeness (QED) is 0.797. The zero-order valence-corrected chi connectivity index (χ0v) is 14.4. The number of hydrogen-bond donors (Lipinski definition) is 1. The number of aromatic nitrogens is 1. The smallest absolute Gasteiger partial charge is 0.124 e. The van der Waals surface area contributed by atoms with Gasteiger partial charge >= 0.3 is 0 Å². The van der Waals surface area contributed by atoms with E-state index in [9.17, 15) is 0 Å². The van der Waals surface area contributed by atoms with E-state index in [0.29, 0.717) is 0 Å². The van der Waals surface area contributed by atoms with Crippen molar-refractivity contribution in [3.8, 4) is 10.6 Å². The molecule has 4 heteroatoms. The highest BCUT2D eigenvalue weighted by Gasteiger charge is 2.33. The maximum atomic E-state index is 6.34. The van der Waals surface area contributed by atoms with Crippen molar-refractivity contribution in [3.63, 3.8) is 0 Å². The van der Waals surface area contributed by atoms with Gasteiger partial charge in [-0.15, -0.1) is 11.3 Å². The fourth-order valence-corrected chi connectivity index (χ4v) is 4.62. The number of rotatable bonds is 1. The molecule has 2 N–H and O–H groups in total. The third kappa shape index (κ3) is 2.57. The summed E-state index contributed by atoms with van der Waals surface area (Å²) < 4.78 is 1.11. The Morgan fingerprint density at radius 2 is 2.15 bits per heavy atom. The van der Waals surface area contributed by atoms with Crippen LogP contribution in [-0.4, -0.2) is 4.98 Å². The molecule has 0 aliphatic heterocycles. The van der Waals surface area contributed by atoms with Crippen LogP contribution in [0.5, 0.6) is 0 Å². The van der Waals surface area contributed by atoms with Crippen LogP contribution < -0.4 is 5.73 Å². The molecular weight excluding hydrogens is 332 g/mol. The first-order valence-electron chi connectivity index (χ1n) is 6.87. The Morgan fingerprint density at radius 3 is 2.85 bits per heavy atom. The van der Waals surface area contributed by atoms with Crippen LogP contribution in [0.2, 0.25) is 0 Å². The monoisotopic (exact) mass is 350 g/mol. The summed E-state index contributed by atoms with van der Waals surface area (Å²) in [6, 6.07) is 6.49. The number of nitrogens with two attached hydrogens (primary N) is 1. The molecule has 0 spiro atoms. The number of hydrogen-bond acceptors (Lipinski definition) is 3. The summed E-state index contributed by atoms with van der Waals surface area (Å²) in [5, 5.41) is 1.10. The summed E-state index contributed by atoms with van der Waals surface area (Å²) in [5.41, 5.74) is 10.3. The van der Waals surface area contributed by atoms with Crippen molar-refractivity contribution in [1.82, 2.24) is 4.98 Å². The first-order chi connectivity index (χ1) is 9.35. The van der Waals surface area contributed by atoms with Crippen molar-refractivity contribution in [2.45, 2.75) is 39.7 Å². The number of halogens is 1. The molecule has 20 heavy (non-hydrogen) atoms. The zero-order chi connectivity index (χ0) is 14.5. The highest BCUT2D eigenvalue weighted by atomic mass is 79.9. The van der Waals surface area contributed by atoms with Crippen molar-refractivity contribution in [3.05, 3.63) is 38.8 Å². The summed E-state index contributed by atoms with van der Waals surface area (Å²) in [7, 11) is 0. The second-order valence-corrected chi connectivity index (χ2v) is 8.39. The molecule has 1 aliphatic carbocycles. The molecule has 0 radical (unpaired) electrons. The molecule has 2 aromatic rings. The van der Waals surface area contributed by atoms with Crippen LogP contribution >= 0.6 is 27.3 Å². The summed E-state index contributed by atoms with van der Waals surface area (Å²) in [6.45, 7) is 6.68. The van der Waals surface area contributed by atoms with Gasteiger partial charge in [-0.1, -0.05) is 35.8 Å². The van der Waals surface area contributed by atoms with E-state index in [2.05, 4.69) is 54.9 Å². The Hall–Kier alpha value is -0.710. The summed E-state index contributed by atoms with van der Waals surface area (Å²) in [6.07, 6.45) is 2.07. The highest BCUT2D eigenvalue weighted by molar-refractivity contribution is 9.10. The van der Waals surface area contributed by atoms with Crippen LogP contribution in [-0.2, 0) is 6.42 Å². The second kappa shape index (κ2) is 4.93. The maximum Gasteiger partial charge on any atom is 0.124 e. The lowest BCUT2D eigenvalue weighted by Crippen LogP contribution is -2.28. The van der Waals surface area contributed by atoms with Crippen LogP contribution in [0.1, 0.15) is 42.4 Å². The van der Waals surface area contributed by atoms with Gasteiger partial charge in [0, 0.05) is 21.0 Å². The molecule has 1 atom stereocenters. The molecule has 0 amide bonds. The molecular formula is C16H19BrN2S. The lowest BCUT2D eigenvalue weighted by atomic mass is 9.77. The summed E-state index contributed by atoms with van der Waals surface area (Å²) in [5.74, 6) is 0. The van der Waals surface area contributed by atoms with Crippen LogP contribution in [0, 0.1) is 12.3 Å². The maximum absolute atomic E-state index is 6.34. The third-order valence-electron chi connectivity index (χ3n) is 3.90. The fraction of sp³-hybridized carbons (Fsp3) is 0.438. The van der Waals surface area contributed by atoms with E-state index in [4.69, 9.17) is 10.7 Å². The molecule has 1 aromatic heterocycles. The van der Waals surface area contributed by atoms with E-state index in [-0.39, 0.29) is 11.5 Å². The minimum absolute atomic E-state index is 0.135. The van der Waals surface area contributed by atoms with Crippen molar-refractivity contribution in [1.29, 1.82) is 0 Å². The Morgan fingerprint density at radius 1 is 1.40 bits per heavy atom. The standard InChI is InChI=1S/C16H19BrN2S/c1-9-6-10(17)4-5-11(9)15-19-13-8-16(2,3)7-12(18)14(13)20-15/h4-6,12H,7-8,18H2,1-3H3. The molecule has 0 saturated carbocycles. The van der Waals surface area contributed by atoms with Gasteiger partial charge in [-0.05, 0) is 42.9 Å². The largest absolute Gasteiger partial charge is 0.323 e. The molecule has 0 bridgehead atoms. The van der Waals surface area contributed by atoms with Crippen LogP contribution in [0.25, 0.3) is 10.6 Å². The van der Waals surface area contributed by atoms with E-state index in [1.807, 2.05) is 0 Å². The lowest BCUT2D eigenvalue weighted by molar-refractivity contribution is 0.282. The normalized spacial score (nSPS) is 20.8. The van der Waals surface area contributed by atoms with Gasteiger partial charge in [0.2, 0.25) is 0 Å². The highest BCUT2D eigenvalue weighted by Crippen LogP contribution is 2.44. The van der Waals surface area contributed by atoms with Crippen LogP contribution in [0.4, 0.5) is 0 Å². The van der Waals surface area contributed by atoms with Gasteiger partial charge < -0.3 is 5.73 Å². The number of thiazole rings is 1. The summed E-state index contributed by atoms with van der Waals surface area (Å²) in [4.78, 5) is 6.16. The van der Waals surface area contributed by atoms with E-state index >= 15 is 0 Å². The number of fused-ring (bicyclic) bond motifs is 1. The van der Waals surface area contributed by atoms with Crippen LogP contribution in [0.15, 0.2) is 22.7 Å². The van der Waals surface area contributed by atoms with Crippen molar-refractivity contribution < 1.29 is 0 Å². The fourth-order valence-electron chi connectivity index (χ4n) is 2.98. The molecule has 1 aromatic carbocycles. The van der Waals surface area contributed by atoms with Gasteiger partial charge in [-0.2, -0.15) is 0 Å². The van der Waals surface area contributed by atoms with Crippen molar-refractivity contribution in [2.75, 3.05) is 0 Å². The molecule has 1 heterocycles. The Balaban J connectivity index is 2.06. The second-order valence-electron chi connectivity index (χ2n) is 6.44. The van der Waals surface area contributed by atoms with E-state index in [1.54, 1.807) is 11.3 Å². The SMILES string of the molecule is Cc1cc(Br)ccc1-c1nc2c(s1)C(N)CC(C)(C)C2. The minimum Gasteiger partial charge on any atom is -0.323 e. The first kappa shape index (κ1) is 14.2. The van der Waals surface area contributed by atoms with Crippen LogP contribution in [0.3, 0.4) is 0 Å². The van der Waals surface area contributed by atoms with Gasteiger partial charge in [0.1, 0.15) is 5.01 Å². The Labute approximate surface area is 132 Å². The summed E-state index contributed by atoms with van der Waals surface area (Å²) >= 11 is 5.28. The molecule has 3 rings (SSSR count). The van der Waals surface area contributed by atoms with Gasteiger partial charge in [-0.25, -0.2) is 4.98 Å². The van der Waals surface area contributed by atoms with E-state index < -0.39 is 0 Å². The molecule has 0 fully saturated rings. The topological polar surface area (TPSA) is 38.9 Å². The number of aryl methyl sites for hydroxylation is 1. The molecule has 1 aliphatic rings. The van der Waals surface area contributed by atoms with E-state index in [1.165, 1.54) is 21.7 Å². The lowest BCUT2D eigenvalue weighted by Gasteiger charge is -2.32. The average molecular weight is 351 g/mol. The molecule has 106 valence electrons. The number of nitrogens with zero attached hydrogens (tertiary/aromatic N) is 1. The number of benzene rings is 1. The Kier molecular flexibility index (Phi) is 3.51. The van der Waals surface area contributed by atoms with Gasteiger partial charge in [0.15, 0.2) is 0 Å². The molecule has 1 unspecified atom stereocenters.